The highest BCUT2D eigenvalue weighted by Gasteiger charge is 2.15. The summed E-state index contributed by atoms with van der Waals surface area (Å²) in [6.07, 6.45) is 1.89. The third kappa shape index (κ3) is 4.76. The fourth-order valence-corrected chi connectivity index (χ4v) is 2.62. The summed E-state index contributed by atoms with van der Waals surface area (Å²) in [6, 6.07) is 9.02. The summed E-state index contributed by atoms with van der Waals surface area (Å²) in [5, 5.41) is 2.54. The van der Waals surface area contributed by atoms with Crippen LogP contribution in [0.1, 0.15) is 35.0 Å². The highest BCUT2D eigenvalue weighted by Crippen LogP contribution is 2.21. The minimum Gasteiger partial charge on any atom is -0.489 e. The summed E-state index contributed by atoms with van der Waals surface area (Å²) < 4.78 is 10.9. The Bertz CT molecular complexity index is 577. The van der Waals surface area contributed by atoms with Gasteiger partial charge in [-0.1, -0.05) is 24.9 Å². The Kier molecular flexibility index (Phi) is 6.08. The average molecular weight is 325 g/mol. The standard InChI is InChI=1S/C16H17ClO3S/c1-2-3-9-19-16(18)15-12(8-10-21-15)11-20-14-6-4-13(17)5-7-14/h4-8,10H,2-3,9,11H2,1H3. The Balaban J connectivity index is 1.93. The Morgan fingerprint density at radius 3 is 2.71 bits per heavy atom. The summed E-state index contributed by atoms with van der Waals surface area (Å²) in [5.41, 5.74) is 0.844. The van der Waals surface area contributed by atoms with Crippen LogP contribution < -0.4 is 4.74 Å². The molecule has 0 aliphatic carbocycles. The van der Waals surface area contributed by atoms with Crippen LogP contribution in [0.3, 0.4) is 0 Å². The lowest BCUT2D eigenvalue weighted by molar-refractivity contribution is 0.0503. The molecule has 3 nitrogen and oxygen atoms in total. The molecular weight excluding hydrogens is 308 g/mol. The summed E-state index contributed by atoms with van der Waals surface area (Å²) in [4.78, 5) is 12.6. The Hall–Kier alpha value is -1.52. The van der Waals surface area contributed by atoms with Crippen molar-refractivity contribution in [1.29, 1.82) is 0 Å². The first-order chi connectivity index (χ1) is 10.2. The number of carbonyl (C=O) groups is 1. The van der Waals surface area contributed by atoms with Crippen LogP contribution in [0.4, 0.5) is 0 Å². The number of carbonyl (C=O) groups excluding carboxylic acids is 1. The first kappa shape index (κ1) is 15.9. The van der Waals surface area contributed by atoms with Crippen molar-refractivity contribution in [1.82, 2.24) is 0 Å². The molecule has 0 aliphatic heterocycles. The van der Waals surface area contributed by atoms with Crippen molar-refractivity contribution in [3.8, 4) is 5.75 Å². The second-order valence-electron chi connectivity index (χ2n) is 4.51. The fourth-order valence-electron chi connectivity index (χ4n) is 1.70. The van der Waals surface area contributed by atoms with E-state index in [0.29, 0.717) is 23.1 Å². The average Bonchev–Trinajstić information content (AvgIpc) is 2.95. The number of ether oxygens (including phenoxy) is 2. The molecule has 2 rings (SSSR count). The van der Waals surface area contributed by atoms with Gasteiger partial charge in [0.25, 0.3) is 0 Å². The van der Waals surface area contributed by atoms with Crippen molar-refractivity contribution in [2.24, 2.45) is 0 Å². The molecule has 112 valence electrons. The maximum Gasteiger partial charge on any atom is 0.348 e. The fraction of sp³-hybridized carbons (Fsp3) is 0.312. The Morgan fingerprint density at radius 1 is 1.24 bits per heavy atom. The zero-order valence-corrected chi connectivity index (χ0v) is 13.4. The van der Waals surface area contributed by atoms with E-state index in [4.69, 9.17) is 21.1 Å². The summed E-state index contributed by atoms with van der Waals surface area (Å²) in [5.74, 6) is 0.448. The van der Waals surface area contributed by atoms with Gasteiger partial charge < -0.3 is 9.47 Å². The van der Waals surface area contributed by atoms with Crippen molar-refractivity contribution in [3.05, 3.63) is 51.2 Å². The predicted octanol–water partition coefficient (Wildman–Crippen LogP) is 4.94. The van der Waals surface area contributed by atoms with Crippen molar-refractivity contribution in [2.45, 2.75) is 26.4 Å². The quantitative estimate of drug-likeness (QED) is 0.534. The molecule has 2 aromatic rings. The molecule has 0 amide bonds. The van der Waals surface area contributed by atoms with E-state index in [1.54, 1.807) is 24.3 Å². The van der Waals surface area contributed by atoms with Gasteiger partial charge in [0.1, 0.15) is 17.2 Å². The molecule has 1 heterocycles. The smallest absolute Gasteiger partial charge is 0.348 e. The second kappa shape index (κ2) is 8.05. The number of hydrogen-bond donors (Lipinski definition) is 0. The lowest BCUT2D eigenvalue weighted by Crippen LogP contribution is -2.08. The van der Waals surface area contributed by atoms with Gasteiger partial charge in [0.2, 0.25) is 0 Å². The number of unbranched alkanes of at least 4 members (excludes halogenated alkanes) is 1. The number of thiophene rings is 1. The van der Waals surface area contributed by atoms with Crippen LogP contribution >= 0.6 is 22.9 Å². The number of benzene rings is 1. The van der Waals surface area contributed by atoms with Crippen LogP contribution in [0.2, 0.25) is 5.02 Å². The number of rotatable bonds is 7. The van der Waals surface area contributed by atoms with Crippen molar-refractivity contribution in [3.63, 3.8) is 0 Å². The van der Waals surface area contributed by atoms with E-state index in [-0.39, 0.29) is 5.97 Å². The normalized spacial score (nSPS) is 10.4. The topological polar surface area (TPSA) is 35.5 Å². The lowest BCUT2D eigenvalue weighted by atomic mass is 10.2. The predicted molar refractivity (Wildman–Crippen MR) is 85.3 cm³/mol. The maximum atomic E-state index is 12.0. The summed E-state index contributed by atoms with van der Waals surface area (Å²) >= 11 is 7.20. The zero-order chi connectivity index (χ0) is 15.1. The summed E-state index contributed by atoms with van der Waals surface area (Å²) in [7, 11) is 0. The minimum absolute atomic E-state index is 0.270. The molecule has 0 fully saturated rings. The number of esters is 1. The van der Waals surface area contributed by atoms with Gasteiger partial charge >= 0.3 is 5.97 Å². The van der Waals surface area contributed by atoms with E-state index in [1.807, 2.05) is 11.4 Å². The largest absolute Gasteiger partial charge is 0.489 e. The monoisotopic (exact) mass is 324 g/mol. The molecule has 0 N–H and O–H groups in total. The third-order valence-corrected chi connectivity index (χ3v) is 4.06. The molecule has 1 aromatic heterocycles. The molecule has 0 saturated carbocycles. The molecule has 5 heteroatoms. The van der Waals surface area contributed by atoms with E-state index >= 15 is 0 Å². The van der Waals surface area contributed by atoms with Gasteiger partial charge in [-0.3, -0.25) is 0 Å². The van der Waals surface area contributed by atoms with Crippen LogP contribution in [-0.4, -0.2) is 12.6 Å². The highest BCUT2D eigenvalue weighted by molar-refractivity contribution is 7.12. The van der Waals surface area contributed by atoms with Crippen molar-refractivity contribution < 1.29 is 14.3 Å². The van der Waals surface area contributed by atoms with Crippen LogP contribution in [0, 0.1) is 0 Å². The van der Waals surface area contributed by atoms with Crippen LogP contribution in [0.5, 0.6) is 5.75 Å². The van der Waals surface area contributed by atoms with E-state index < -0.39 is 0 Å². The molecule has 0 atom stereocenters. The van der Waals surface area contributed by atoms with E-state index in [9.17, 15) is 4.79 Å². The zero-order valence-electron chi connectivity index (χ0n) is 11.8. The molecule has 21 heavy (non-hydrogen) atoms. The lowest BCUT2D eigenvalue weighted by Gasteiger charge is -2.07. The molecule has 1 aromatic carbocycles. The first-order valence-electron chi connectivity index (χ1n) is 6.82. The molecule has 0 radical (unpaired) electrons. The van der Waals surface area contributed by atoms with Crippen molar-refractivity contribution in [2.75, 3.05) is 6.61 Å². The number of hydrogen-bond acceptors (Lipinski definition) is 4. The van der Waals surface area contributed by atoms with Crippen LogP contribution in [-0.2, 0) is 11.3 Å². The molecular formula is C16H17ClO3S. The third-order valence-electron chi connectivity index (χ3n) is 2.87. The van der Waals surface area contributed by atoms with Crippen molar-refractivity contribution >= 4 is 28.9 Å². The van der Waals surface area contributed by atoms with Gasteiger partial charge in [-0.2, -0.15) is 0 Å². The van der Waals surface area contributed by atoms with Gasteiger partial charge in [0.15, 0.2) is 0 Å². The van der Waals surface area contributed by atoms with E-state index in [2.05, 4.69) is 6.92 Å². The molecule has 0 unspecified atom stereocenters. The minimum atomic E-state index is -0.270. The second-order valence-corrected chi connectivity index (χ2v) is 5.86. The van der Waals surface area contributed by atoms with Crippen LogP contribution in [0.15, 0.2) is 35.7 Å². The molecule has 0 saturated heterocycles. The van der Waals surface area contributed by atoms with Gasteiger partial charge in [0, 0.05) is 10.6 Å². The Morgan fingerprint density at radius 2 is 2.00 bits per heavy atom. The summed E-state index contributed by atoms with van der Waals surface area (Å²) in [6.45, 7) is 2.86. The molecule has 0 aliphatic rings. The van der Waals surface area contributed by atoms with Gasteiger partial charge in [-0.25, -0.2) is 4.79 Å². The number of halogens is 1. The van der Waals surface area contributed by atoms with Crippen LogP contribution in [0.25, 0.3) is 0 Å². The van der Waals surface area contributed by atoms with Gasteiger partial charge in [-0.15, -0.1) is 11.3 Å². The first-order valence-corrected chi connectivity index (χ1v) is 8.08. The SMILES string of the molecule is CCCCOC(=O)c1sccc1COc1ccc(Cl)cc1. The molecule has 0 spiro atoms. The van der Waals surface area contributed by atoms with E-state index in [1.165, 1.54) is 11.3 Å². The highest BCUT2D eigenvalue weighted by atomic mass is 35.5. The maximum absolute atomic E-state index is 12.0. The Labute approximate surface area is 133 Å². The van der Waals surface area contributed by atoms with Gasteiger partial charge in [0.05, 0.1) is 6.61 Å². The van der Waals surface area contributed by atoms with Gasteiger partial charge in [-0.05, 0) is 42.1 Å². The van der Waals surface area contributed by atoms with E-state index in [0.717, 1.165) is 24.2 Å². The molecule has 0 bridgehead atoms.